The van der Waals surface area contributed by atoms with Crippen molar-refractivity contribution in [2.24, 2.45) is 0 Å². The summed E-state index contributed by atoms with van der Waals surface area (Å²) in [6.07, 6.45) is 1.62. The number of benzene rings is 2. The van der Waals surface area contributed by atoms with Gasteiger partial charge >= 0.3 is 0 Å². The maximum Gasteiger partial charge on any atom is 0.269 e. The Hall–Kier alpha value is -2.79. The van der Waals surface area contributed by atoms with E-state index in [4.69, 9.17) is 27.9 Å². The van der Waals surface area contributed by atoms with Gasteiger partial charge in [0.1, 0.15) is 28.5 Å². The zero-order chi connectivity index (χ0) is 28.6. The Bertz CT molecular complexity index is 1400. The normalized spacial score (nSPS) is 20.0. The number of ether oxygens (including phenoxy) is 1. The number of nitrogens with zero attached hydrogens (tertiary/aromatic N) is 3. The molecule has 9 nitrogen and oxygen atoms in total. The van der Waals surface area contributed by atoms with Crippen LogP contribution in [0, 0.1) is 0 Å². The van der Waals surface area contributed by atoms with Gasteiger partial charge in [-0.2, -0.15) is 0 Å². The first-order valence-corrected chi connectivity index (χ1v) is 14.8. The topological polar surface area (TPSA) is 99.3 Å². The quantitative estimate of drug-likeness (QED) is 0.498. The highest BCUT2D eigenvalue weighted by Crippen LogP contribution is 2.37. The third-order valence-electron chi connectivity index (χ3n) is 6.62. The van der Waals surface area contributed by atoms with Gasteiger partial charge in [0.15, 0.2) is 0 Å². The van der Waals surface area contributed by atoms with E-state index in [2.05, 4.69) is 5.32 Å². The van der Waals surface area contributed by atoms with Crippen LogP contribution < -0.4 is 10.1 Å². The van der Waals surface area contributed by atoms with Crippen LogP contribution in [0.25, 0.3) is 0 Å². The molecule has 2 atom stereocenters. The summed E-state index contributed by atoms with van der Waals surface area (Å²) >= 11 is 12.3. The number of methoxy groups -OCH3 is 1. The van der Waals surface area contributed by atoms with E-state index in [0.717, 1.165) is 5.56 Å². The zero-order valence-corrected chi connectivity index (χ0v) is 24.7. The minimum Gasteiger partial charge on any atom is -0.495 e. The van der Waals surface area contributed by atoms with Gasteiger partial charge < -0.3 is 15.0 Å². The molecule has 2 amide bonds. The number of hydrogen-bond acceptors (Lipinski definition) is 6. The lowest BCUT2D eigenvalue weighted by Crippen LogP contribution is -2.67. The molecule has 0 aromatic heterocycles. The number of amides is 2. The van der Waals surface area contributed by atoms with E-state index in [1.165, 1.54) is 45.6 Å². The van der Waals surface area contributed by atoms with Crippen LogP contribution in [-0.2, 0) is 26.0 Å². The van der Waals surface area contributed by atoms with Gasteiger partial charge in [0.25, 0.3) is 10.0 Å². The fraction of sp³-hybridized carbons (Fsp3) is 0.407. The first-order chi connectivity index (χ1) is 18.3. The number of hydrogen-bond donors (Lipinski definition) is 1. The first-order valence-electron chi connectivity index (χ1n) is 12.6. The van der Waals surface area contributed by atoms with Crippen molar-refractivity contribution in [3.8, 4) is 5.75 Å². The third-order valence-corrected chi connectivity index (χ3v) is 8.90. The first kappa shape index (κ1) is 29.2. The summed E-state index contributed by atoms with van der Waals surface area (Å²) in [5, 5.41) is 3.93. The largest absolute Gasteiger partial charge is 0.495 e. The average molecular weight is 596 g/mol. The van der Waals surface area contributed by atoms with Crippen molar-refractivity contribution < 1.29 is 22.7 Å². The van der Waals surface area contributed by atoms with Crippen LogP contribution in [-0.4, -0.2) is 72.2 Å². The van der Waals surface area contributed by atoms with Crippen LogP contribution in [0.5, 0.6) is 5.75 Å². The Morgan fingerprint density at radius 1 is 1.00 bits per heavy atom. The molecule has 0 spiro atoms. The molecule has 2 heterocycles. The highest BCUT2D eigenvalue weighted by molar-refractivity contribution is 7.89. The molecule has 2 aromatic carbocycles. The Balaban J connectivity index is 1.90. The second-order valence-corrected chi connectivity index (χ2v) is 12.8. The Morgan fingerprint density at radius 2 is 1.64 bits per heavy atom. The summed E-state index contributed by atoms with van der Waals surface area (Å²) in [6.45, 7) is 7.22. The molecular weight excluding hydrogens is 563 g/mol. The van der Waals surface area contributed by atoms with Crippen molar-refractivity contribution in [1.29, 1.82) is 0 Å². The highest BCUT2D eigenvalue weighted by atomic mass is 35.5. The molecule has 1 fully saturated rings. The number of nitrogens with one attached hydrogen (secondary N) is 1. The number of sulfonamides is 1. The lowest BCUT2D eigenvalue weighted by molar-refractivity contribution is -0.150. The van der Waals surface area contributed by atoms with Crippen molar-refractivity contribution in [2.45, 2.75) is 63.2 Å². The maximum absolute atomic E-state index is 14.2. The SMILES string of the molecule is COc1ccc(Cl)cc1S(=O)(=O)N1CC(NC(C)C)C(=O)N2C1=CN(C(C)C)C(=O)C2Cc1ccc(Cl)cc1. The smallest absolute Gasteiger partial charge is 0.269 e. The molecule has 0 radical (unpaired) electrons. The molecule has 12 heteroatoms. The molecule has 0 bridgehead atoms. The van der Waals surface area contributed by atoms with Crippen LogP contribution in [0.4, 0.5) is 0 Å². The number of halogens is 2. The molecule has 4 rings (SSSR count). The maximum atomic E-state index is 14.2. The standard InChI is InChI=1S/C27H32Cl2N4O5S/c1-16(2)30-21-14-32(39(36,37)24-13-20(29)10-11-23(24)38-5)25-15-31(17(3)4)27(35)22(33(25)26(21)34)12-18-6-8-19(28)9-7-18/h6-11,13,15-17,21-22,30H,12,14H2,1-5H3. The highest BCUT2D eigenvalue weighted by Gasteiger charge is 2.50. The summed E-state index contributed by atoms with van der Waals surface area (Å²) in [5.41, 5.74) is 0.778. The van der Waals surface area contributed by atoms with E-state index in [9.17, 15) is 18.0 Å². The van der Waals surface area contributed by atoms with Gasteiger partial charge in [-0.05, 0) is 49.7 Å². The van der Waals surface area contributed by atoms with E-state index in [-0.39, 0.29) is 58.4 Å². The molecule has 1 saturated heterocycles. The third kappa shape index (κ3) is 5.75. The van der Waals surface area contributed by atoms with Crippen molar-refractivity contribution in [3.05, 3.63) is 70.1 Å². The van der Waals surface area contributed by atoms with E-state index < -0.39 is 22.1 Å². The number of carbonyl (C=O) groups excluding carboxylic acids is 2. The van der Waals surface area contributed by atoms with Crippen molar-refractivity contribution in [3.63, 3.8) is 0 Å². The minimum absolute atomic E-state index is 0.0936. The number of rotatable bonds is 8. The predicted molar refractivity (Wildman–Crippen MR) is 150 cm³/mol. The van der Waals surface area contributed by atoms with E-state index in [1.54, 1.807) is 24.3 Å². The molecule has 39 heavy (non-hydrogen) atoms. The van der Waals surface area contributed by atoms with E-state index >= 15 is 0 Å². The molecule has 2 aromatic rings. The van der Waals surface area contributed by atoms with Crippen LogP contribution in [0.1, 0.15) is 33.3 Å². The Kier molecular flexibility index (Phi) is 8.51. The predicted octanol–water partition coefficient (Wildman–Crippen LogP) is 3.86. The lowest BCUT2D eigenvalue weighted by atomic mass is 9.98. The van der Waals surface area contributed by atoms with Gasteiger partial charge in [-0.1, -0.05) is 49.2 Å². The average Bonchev–Trinajstić information content (AvgIpc) is 2.87. The Morgan fingerprint density at radius 3 is 2.23 bits per heavy atom. The zero-order valence-electron chi connectivity index (χ0n) is 22.4. The van der Waals surface area contributed by atoms with Crippen LogP contribution in [0.2, 0.25) is 10.0 Å². The molecule has 2 unspecified atom stereocenters. The van der Waals surface area contributed by atoms with Crippen LogP contribution in [0.3, 0.4) is 0 Å². The van der Waals surface area contributed by atoms with Crippen molar-refractivity contribution in [2.75, 3.05) is 13.7 Å². The minimum atomic E-state index is -4.29. The summed E-state index contributed by atoms with van der Waals surface area (Å²) < 4.78 is 35.0. The van der Waals surface area contributed by atoms with Gasteiger partial charge in [0.2, 0.25) is 11.8 Å². The summed E-state index contributed by atoms with van der Waals surface area (Å²) in [7, 11) is -2.92. The second-order valence-electron chi connectivity index (χ2n) is 10.1. The van der Waals surface area contributed by atoms with Gasteiger partial charge in [0.05, 0.1) is 13.7 Å². The molecule has 0 aliphatic carbocycles. The fourth-order valence-corrected chi connectivity index (χ4v) is 6.80. The van der Waals surface area contributed by atoms with E-state index in [1.807, 2.05) is 27.7 Å². The molecular formula is C27H32Cl2N4O5S. The molecule has 2 aliphatic heterocycles. The number of fused-ring (bicyclic) bond motifs is 1. The monoisotopic (exact) mass is 594 g/mol. The van der Waals surface area contributed by atoms with Gasteiger partial charge in [0, 0.05) is 34.7 Å². The second kappa shape index (κ2) is 11.4. The van der Waals surface area contributed by atoms with Gasteiger partial charge in [-0.15, -0.1) is 0 Å². The molecule has 2 aliphatic rings. The molecule has 1 N–H and O–H groups in total. The number of carbonyl (C=O) groups is 2. The summed E-state index contributed by atoms with van der Waals surface area (Å²) in [6, 6.07) is 9.06. The van der Waals surface area contributed by atoms with Gasteiger partial charge in [-0.3, -0.25) is 14.5 Å². The fourth-order valence-electron chi connectivity index (χ4n) is 4.79. The van der Waals surface area contributed by atoms with E-state index in [0.29, 0.717) is 5.02 Å². The Labute approximate surface area is 239 Å². The van der Waals surface area contributed by atoms with Crippen LogP contribution in [0.15, 0.2) is 59.4 Å². The molecule has 210 valence electrons. The van der Waals surface area contributed by atoms with Crippen LogP contribution >= 0.6 is 23.2 Å². The molecule has 0 saturated carbocycles. The lowest BCUT2D eigenvalue weighted by Gasteiger charge is -2.49. The van der Waals surface area contributed by atoms with Crippen molar-refractivity contribution in [1.82, 2.24) is 19.4 Å². The van der Waals surface area contributed by atoms with Gasteiger partial charge in [-0.25, -0.2) is 12.7 Å². The van der Waals surface area contributed by atoms with Crippen molar-refractivity contribution >= 4 is 45.0 Å². The summed E-state index contributed by atoms with van der Waals surface area (Å²) in [4.78, 5) is 30.3. The summed E-state index contributed by atoms with van der Waals surface area (Å²) in [5.74, 6) is -0.478.